The molecule has 0 amide bonds. The third-order valence-electron chi connectivity index (χ3n) is 3.13. The van der Waals surface area contributed by atoms with Gasteiger partial charge in [-0.05, 0) is 25.1 Å². The second-order valence-electron chi connectivity index (χ2n) is 6.28. The Kier molecular flexibility index (Phi) is 4.34. The predicted molar refractivity (Wildman–Crippen MR) is 88.8 cm³/mol. The Balaban J connectivity index is 2.66. The molecule has 0 saturated heterocycles. The predicted octanol–water partition coefficient (Wildman–Crippen LogP) is 3.66. The summed E-state index contributed by atoms with van der Waals surface area (Å²) in [6.07, 6.45) is 1.69. The number of rotatable bonds is 2. The average Bonchev–Trinajstić information content (AvgIpc) is 2.77. The van der Waals surface area contributed by atoms with Crippen molar-refractivity contribution in [3.05, 3.63) is 41.3 Å². The van der Waals surface area contributed by atoms with Crippen molar-refractivity contribution in [2.45, 2.75) is 26.6 Å². The third-order valence-corrected chi connectivity index (χ3v) is 4.00. The van der Waals surface area contributed by atoms with Gasteiger partial charge in [-0.1, -0.05) is 25.6 Å². The number of aryl methyl sites for hydroxylation is 1. The summed E-state index contributed by atoms with van der Waals surface area (Å²) in [7, 11) is 0.270. The van der Waals surface area contributed by atoms with Crippen LogP contribution in [0.5, 0.6) is 0 Å². The quantitative estimate of drug-likeness (QED) is 0.482. The molecule has 3 nitrogen and oxygen atoms in total. The molecule has 1 heterocycles. The molecule has 0 fully saturated rings. The van der Waals surface area contributed by atoms with E-state index in [0.29, 0.717) is 11.1 Å². The number of carbonyl (C=O) groups is 1. The Morgan fingerprint density at radius 3 is 2.59 bits per heavy atom. The molecule has 0 N–H and O–H groups in total. The van der Waals surface area contributed by atoms with Crippen LogP contribution >= 0.6 is 0 Å². The maximum absolute atomic E-state index is 13.5. The molecule has 1 aromatic heterocycles. The van der Waals surface area contributed by atoms with Crippen LogP contribution in [0.3, 0.4) is 0 Å². The highest BCUT2D eigenvalue weighted by atomic mass is 28.3. The maximum Gasteiger partial charge on any atom is 0.160 e. The number of aromatic nitrogens is 2. The van der Waals surface area contributed by atoms with Crippen molar-refractivity contribution >= 4 is 13.9 Å². The lowest BCUT2D eigenvalue weighted by molar-refractivity contribution is 0.101. The van der Waals surface area contributed by atoms with Gasteiger partial charge >= 0.3 is 0 Å². The minimum Gasteiger partial charge on any atom is -0.294 e. The van der Waals surface area contributed by atoms with Gasteiger partial charge in [-0.25, -0.2) is 4.39 Å². The molecule has 5 heteroatoms. The first kappa shape index (κ1) is 16.2. The van der Waals surface area contributed by atoms with E-state index in [1.54, 1.807) is 24.0 Å². The fourth-order valence-electron chi connectivity index (χ4n) is 2.12. The van der Waals surface area contributed by atoms with Crippen LogP contribution < -0.4 is 0 Å². The topological polar surface area (TPSA) is 34.9 Å². The first-order chi connectivity index (χ1) is 10.2. The van der Waals surface area contributed by atoms with E-state index in [4.69, 9.17) is 0 Å². The van der Waals surface area contributed by atoms with E-state index in [9.17, 15) is 9.18 Å². The molecule has 0 radical (unpaired) electrons. The van der Waals surface area contributed by atoms with Crippen LogP contribution in [0.4, 0.5) is 4.39 Å². The lowest BCUT2D eigenvalue weighted by Gasteiger charge is -2.09. The number of carbonyl (C=O) groups excluding carboxylic acids is 1. The maximum atomic E-state index is 13.5. The van der Waals surface area contributed by atoms with Gasteiger partial charge in [0.25, 0.3) is 0 Å². The van der Waals surface area contributed by atoms with Gasteiger partial charge in [-0.3, -0.25) is 9.48 Å². The van der Waals surface area contributed by atoms with Crippen molar-refractivity contribution < 1.29 is 9.18 Å². The fourth-order valence-corrected chi connectivity index (χ4v) is 2.63. The van der Waals surface area contributed by atoms with E-state index < -0.39 is 13.9 Å². The zero-order chi connectivity index (χ0) is 16.5. The van der Waals surface area contributed by atoms with Crippen LogP contribution in [-0.4, -0.2) is 23.6 Å². The molecular formula is C17H19FN2OSi. The monoisotopic (exact) mass is 314 g/mol. The molecule has 2 aromatic rings. The number of nitrogens with zero attached hydrogens (tertiary/aromatic N) is 2. The van der Waals surface area contributed by atoms with Gasteiger partial charge in [-0.15, -0.1) is 5.54 Å². The van der Waals surface area contributed by atoms with Crippen molar-refractivity contribution in [1.29, 1.82) is 0 Å². The van der Waals surface area contributed by atoms with E-state index in [1.807, 2.05) is 0 Å². The first-order valence-electron chi connectivity index (χ1n) is 7.05. The molecule has 0 unspecified atom stereocenters. The highest BCUT2D eigenvalue weighted by Crippen LogP contribution is 2.27. The molecule has 0 aliphatic carbocycles. The molecule has 114 valence electrons. The summed E-state index contributed by atoms with van der Waals surface area (Å²) in [5.74, 6) is 2.57. The summed E-state index contributed by atoms with van der Waals surface area (Å²) in [5, 5.41) is 4.24. The average molecular weight is 314 g/mol. The normalized spacial score (nSPS) is 11.0. The number of hydrogen-bond donors (Lipinski definition) is 0. The Labute approximate surface area is 131 Å². The lowest BCUT2D eigenvalue weighted by Crippen LogP contribution is -2.16. The molecule has 22 heavy (non-hydrogen) atoms. The largest absolute Gasteiger partial charge is 0.294 e. The van der Waals surface area contributed by atoms with Crippen LogP contribution in [0, 0.1) is 17.3 Å². The summed E-state index contributed by atoms with van der Waals surface area (Å²) in [5.41, 5.74) is 5.82. The minimum absolute atomic E-state index is 0.181. The third kappa shape index (κ3) is 3.52. The van der Waals surface area contributed by atoms with E-state index >= 15 is 0 Å². The fraction of sp³-hybridized carbons (Fsp3) is 0.294. The summed E-state index contributed by atoms with van der Waals surface area (Å²) in [6.45, 7) is 7.92. The SMILES string of the molecule is CC(=O)c1cc(F)ccc1-c1c(C#C[Si](C)(C)C)cnn1C. The molecule has 0 spiro atoms. The highest BCUT2D eigenvalue weighted by molar-refractivity contribution is 6.83. The van der Waals surface area contributed by atoms with Gasteiger partial charge < -0.3 is 0 Å². The Morgan fingerprint density at radius 1 is 1.32 bits per heavy atom. The summed E-state index contributed by atoms with van der Waals surface area (Å²) in [6, 6.07) is 4.23. The molecule has 1 aromatic carbocycles. The number of benzene rings is 1. The standard InChI is InChI=1S/C17H19FN2OSi/c1-12(21)16-10-14(18)6-7-15(16)17-13(11-19-20(17)2)8-9-22(3,4)5/h6-7,10-11H,1-5H3. The minimum atomic E-state index is -1.52. The zero-order valence-corrected chi connectivity index (χ0v) is 14.5. The second-order valence-corrected chi connectivity index (χ2v) is 11.0. The number of Topliss-reactive ketones (excluding diaryl/α,β-unsaturated/α-hetero) is 1. The number of halogens is 1. The van der Waals surface area contributed by atoms with E-state index in [-0.39, 0.29) is 5.78 Å². The molecule has 0 bridgehead atoms. The van der Waals surface area contributed by atoms with Crippen LogP contribution in [0.25, 0.3) is 11.3 Å². The molecule has 0 saturated carbocycles. The van der Waals surface area contributed by atoms with Gasteiger partial charge in [0.05, 0.1) is 17.5 Å². The van der Waals surface area contributed by atoms with Crippen LogP contribution in [-0.2, 0) is 7.05 Å². The Hall–Kier alpha value is -2.19. The molecule has 0 aliphatic rings. The molecular weight excluding hydrogens is 295 g/mol. The van der Waals surface area contributed by atoms with Crippen LogP contribution in [0.15, 0.2) is 24.4 Å². The summed E-state index contributed by atoms with van der Waals surface area (Å²) in [4.78, 5) is 11.8. The zero-order valence-electron chi connectivity index (χ0n) is 13.5. The van der Waals surface area contributed by atoms with Crippen molar-refractivity contribution in [2.75, 3.05) is 0 Å². The van der Waals surface area contributed by atoms with Gasteiger partial charge in [0.15, 0.2) is 5.78 Å². The molecule has 0 aliphatic heterocycles. The molecule has 2 rings (SSSR count). The Bertz CT molecular complexity index is 791. The van der Waals surface area contributed by atoms with Crippen molar-refractivity contribution in [3.8, 4) is 22.7 Å². The van der Waals surface area contributed by atoms with Gasteiger partial charge in [0, 0.05) is 18.2 Å². The second kappa shape index (κ2) is 5.89. The summed E-state index contributed by atoms with van der Waals surface area (Å²) >= 11 is 0. The van der Waals surface area contributed by atoms with Crippen molar-refractivity contribution in [3.63, 3.8) is 0 Å². The number of ketones is 1. The van der Waals surface area contributed by atoms with Gasteiger partial charge in [0.1, 0.15) is 13.9 Å². The van der Waals surface area contributed by atoms with E-state index in [1.165, 1.54) is 19.1 Å². The number of hydrogen-bond acceptors (Lipinski definition) is 2. The highest BCUT2D eigenvalue weighted by Gasteiger charge is 2.17. The van der Waals surface area contributed by atoms with E-state index in [0.717, 1.165) is 11.3 Å². The van der Waals surface area contributed by atoms with Crippen molar-refractivity contribution in [1.82, 2.24) is 9.78 Å². The van der Waals surface area contributed by atoms with Gasteiger partial charge in [-0.2, -0.15) is 5.10 Å². The van der Waals surface area contributed by atoms with Gasteiger partial charge in [0.2, 0.25) is 0 Å². The summed E-state index contributed by atoms with van der Waals surface area (Å²) < 4.78 is 15.1. The molecule has 0 atom stereocenters. The Morgan fingerprint density at radius 2 is 2.00 bits per heavy atom. The lowest BCUT2D eigenvalue weighted by atomic mass is 9.99. The van der Waals surface area contributed by atoms with Crippen molar-refractivity contribution in [2.24, 2.45) is 7.05 Å². The smallest absolute Gasteiger partial charge is 0.160 e. The van der Waals surface area contributed by atoms with Crippen LogP contribution in [0.1, 0.15) is 22.8 Å². The first-order valence-corrected chi connectivity index (χ1v) is 10.5. The van der Waals surface area contributed by atoms with Crippen LogP contribution in [0.2, 0.25) is 19.6 Å². The van der Waals surface area contributed by atoms with E-state index in [2.05, 4.69) is 36.2 Å².